The molecular formula is C28H31NO6. The van der Waals surface area contributed by atoms with Gasteiger partial charge in [-0.1, -0.05) is 91.0 Å². The molecule has 0 saturated carbocycles. The van der Waals surface area contributed by atoms with E-state index in [0.717, 1.165) is 16.7 Å². The van der Waals surface area contributed by atoms with Gasteiger partial charge >= 0.3 is 0 Å². The van der Waals surface area contributed by atoms with Gasteiger partial charge in [0.25, 0.3) is 0 Å². The van der Waals surface area contributed by atoms with E-state index in [1.807, 2.05) is 91.0 Å². The molecule has 1 heterocycles. The maximum Gasteiger partial charge on any atom is 0.243 e. The molecule has 0 bridgehead atoms. The Kier molecular flexibility index (Phi) is 7.62. The highest BCUT2D eigenvalue weighted by Gasteiger charge is 2.45. The normalized spacial score (nSPS) is 19.2. The van der Waals surface area contributed by atoms with E-state index in [0.29, 0.717) is 0 Å². The molecule has 1 aliphatic rings. The summed E-state index contributed by atoms with van der Waals surface area (Å²) in [6.07, 6.45) is -2.10. The third-order valence-electron chi connectivity index (χ3n) is 6.35. The number of aliphatic hydroxyl groups is 1. The predicted octanol–water partition coefficient (Wildman–Crippen LogP) is 4.54. The van der Waals surface area contributed by atoms with Crippen molar-refractivity contribution in [3.8, 4) is 0 Å². The van der Waals surface area contributed by atoms with Gasteiger partial charge in [-0.25, -0.2) is 0 Å². The van der Waals surface area contributed by atoms with Crippen molar-refractivity contribution in [1.29, 1.82) is 0 Å². The van der Waals surface area contributed by atoms with Gasteiger partial charge in [-0.05, 0) is 30.5 Å². The van der Waals surface area contributed by atoms with E-state index in [1.165, 1.54) is 0 Å². The molecule has 1 fully saturated rings. The minimum absolute atomic E-state index is 0.00268. The Hall–Kier alpha value is -3.10. The molecular weight excluding hydrogens is 446 g/mol. The molecule has 2 unspecified atom stereocenters. The van der Waals surface area contributed by atoms with Gasteiger partial charge in [-0.2, -0.15) is 0 Å². The van der Waals surface area contributed by atoms with E-state index < -0.39 is 34.6 Å². The topological polar surface area (TPSA) is 91.1 Å². The number of hydrogen-bond donors (Lipinski definition) is 1. The monoisotopic (exact) mass is 477 g/mol. The Morgan fingerprint density at radius 1 is 0.971 bits per heavy atom. The van der Waals surface area contributed by atoms with Crippen molar-refractivity contribution in [2.45, 2.75) is 49.9 Å². The molecule has 3 atom stereocenters. The van der Waals surface area contributed by atoms with Gasteiger partial charge < -0.3 is 19.3 Å². The average molecular weight is 478 g/mol. The third kappa shape index (κ3) is 5.44. The van der Waals surface area contributed by atoms with Crippen LogP contribution in [0.5, 0.6) is 0 Å². The maximum atomic E-state index is 11.9. The summed E-state index contributed by atoms with van der Waals surface area (Å²) in [5.74, 6) is -0.883. The molecule has 7 nitrogen and oxygen atoms in total. The van der Waals surface area contributed by atoms with Crippen molar-refractivity contribution >= 4 is 0 Å². The van der Waals surface area contributed by atoms with Crippen LogP contribution in [0.15, 0.2) is 91.0 Å². The van der Waals surface area contributed by atoms with Crippen LogP contribution in [0.25, 0.3) is 0 Å². The van der Waals surface area contributed by atoms with Crippen LogP contribution in [0.2, 0.25) is 0 Å². The molecule has 0 aromatic heterocycles. The lowest BCUT2D eigenvalue weighted by Crippen LogP contribution is -2.45. The summed E-state index contributed by atoms with van der Waals surface area (Å²) in [5.41, 5.74) is 1.74. The summed E-state index contributed by atoms with van der Waals surface area (Å²) >= 11 is 0. The van der Waals surface area contributed by atoms with E-state index in [1.54, 1.807) is 13.8 Å². The van der Waals surface area contributed by atoms with Crippen molar-refractivity contribution in [3.63, 3.8) is 0 Å². The highest BCUT2D eigenvalue weighted by atomic mass is 16.7. The molecule has 0 radical (unpaired) electrons. The molecule has 1 aliphatic heterocycles. The van der Waals surface area contributed by atoms with Gasteiger partial charge in [0.1, 0.15) is 17.8 Å². The summed E-state index contributed by atoms with van der Waals surface area (Å²) < 4.78 is 17.8. The molecule has 0 amide bonds. The first-order valence-corrected chi connectivity index (χ1v) is 11.8. The predicted molar refractivity (Wildman–Crippen MR) is 131 cm³/mol. The van der Waals surface area contributed by atoms with Crippen LogP contribution < -0.4 is 0 Å². The van der Waals surface area contributed by atoms with E-state index in [4.69, 9.17) is 14.2 Å². The van der Waals surface area contributed by atoms with Crippen LogP contribution in [0, 0.1) is 10.1 Å². The number of rotatable bonds is 10. The fourth-order valence-corrected chi connectivity index (χ4v) is 4.63. The molecule has 35 heavy (non-hydrogen) atoms. The maximum absolute atomic E-state index is 11.9. The minimum atomic E-state index is -1.32. The SMILES string of the molecule is CC1(C)OC[C@H](C(O)C(CCOC(c2ccccc2)(c2ccccc2)c2ccccc2)[N+](=O)[O-])O1. The number of ether oxygens (including phenoxy) is 3. The summed E-state index contributed by atoms with van der Waals surface area (Å²) in [6.45, 7) is 3.58. The quantitative estimate of drug-likeness (QED) is 0.262. The minimum Gasteiger partial charge on any atom is -0.383 e. The van der Waals surface area contributed by atoms with Crippen molar-refractivity contribution in [2.24, 2.45) is 0 Å². The van der Waals surface area contributed by atoms with Crippen molar-refractivity contribution in [3.05, 3.63) is 118 Å². The van der Waals surface area contributed by atoms with Gasteiger partial charge in [0.05, 0.1) is 13.2 Å². The number of hydrogen-bond acceptors (Lipinski definition) is 6. The first-order chi connectivity index (χ1) is 16.8. The van der Waals surface area contributed by atoms with Crippen LogP contribution in [-0.4, -0.2) is 47.3 Å². The number of aliphatic hydroxyl groups excluding tert-OH is 1. The largest absolute Gasteiger partial charge is 0.383 e. The molecule has 1 N–H and O–H groups in total. The van der Waals surface area contributed by atoms with Crippen LogP contribution in [0.4, 0.5) is 0 Å². The zero-order valence-electron chi connectivity index (χ0n) is 19.9. The first-order valence-electron chi connectivity index (χ1n) is 11.8. The van der Waals surface area contributed by atoms with Crippen molar-refractivity contribution < 1.29 is 24.2 Å². The van der Waals surface area contributed by atoms with E-state index in [9.17, 15) is 15.2 Å². The zero-order chi connectivity index (χ0) is 24.9. The Morgan fingerprint density at radius 2 is 1.43 bits per heavy atom. The van der Waals surface area contributed by atoms with Gasteiger partial charge in [0, 0.05) is 11.3 Å². The first kappa shape index (κ1) is 25.0. The molecule has 0 aliphatic carbocycles. The van der Waals surface area contributed by atoms with E-state index in [-0.39, 0.29) is 19.6 Å². The molecule has 3 aromatic rings. The van der Waals surface area contributed by atoms with Crippen LogP contribution in [-0.2, 0) is 19.8 Å². The van der Waals surface area contributed by atoms with Crippen molar-refractivity contribution in [1.82, 2.24) is 0 Å². The highest BCUT2D eigenvalue weighted by molar-refractivity contribution is 5.47. The van der Waals surface area contributed by atoms with Gasteiger partial charge in [-0.15, -0.1) is 0 Å². The summed E-state index contributed by atoms with van der Waals surface area (Å²) in [7, 11) is 0. The summed E-state index contributed by atoms with van der Waals surface area (Å²) in [5, 5.41) is 22.7. The fourth-order valence-electron chi connectivity index (χ4n) is 4.63. The molecule has 4 rings (SSSR count). The Labute approximate surface area is 205 Å². The van der Waals surface area contributed by atoms with Gasteiger partial charge in [0.15, 0.2) is 5.79 Å². The Morgan fingerprint density at radius 3 is 1.80 bits per heavy atom. The van der Waals surface area contributed by atoms with Crippen LogP contribution in [0.1, 0.15) is 37.0 Å². The Balaban J connectivity index is 1.64. The lowest BCUT2D eigenvalue weighted by molar-refractivity contribution is -0.538. The third-order valence-corrected chi connectivity index (χ3v) is 6.35. The van der Waals surface area contributed by atoms with Crippen molar-refractivity contribution in [2.75, 3.05) is 13.2 Å². The molecule has 3 aromatic carbocycles. The Bertz CT molecular complexity index is 994. The second-order valence-electron chi connectivity index (χ2n) is 9.13. The van der Waals surface area contributed by atoms with Gasteiger partial charge in [-0.3, -0.25) is 10.1 Å². The van der Waals surface area contributed by atoms with E-state index in [2.05, 4.69) is 0 Å². The van der Waals surface area contributed by atoms with Gasteiger partial charge in [0.2, 0.25) is 6.04 Å². The smallest absolute Gasteiger partial charge is 0.243 e. The lowest BCUT2D eigenvalue weighted by atomic mass is 9.80. The molecule has 184 valence electrons. The number of nitro groups is 1. The standard InChI is InChI=1S/C28H31NO6/c1-27(2)34-20-25(35-27)26(30)24(29(31)32)18-19-33-28(21-12-6-3-7-13-21,22-14-8-4-9-15-22)23-16-10-5-11-17-23/h3-17,24-26,30H,18-20H2,1-2H3/t24?,25-,26?/m1/s1. The molecule has 1 saturated heterocycles. The number of benzene rings is 3. The zero-order valence-corrected chi connectivity index (χ0v) is 19.9. The summed E-state index contributed by atoms with van der Waals surface area (Å²) in [4.78, 5) is 11.5. The molecule has 7 heteroatoms. The second kappa shape index (κ2) is 10.7. The number of nitrogens with zero attached hydrogens (tertiary/aromatic N) is 1. The lowest BCUT2D eigenvalue weighted by Gasteiger charge is -2.36. The van der Waals surface area contributed by atoms with E-state index >= 15 is 0 Å². The summed E-state index contributed by atoms with van der Waals surface area (Å²) in [6, 6.07) is 28.2. The fraction of sp³-hybridized carbons (Fsp3) is 0.357. The highest BCUT2D eigenvalue weighted by Crippen LogP contribution is 2.40. The second-order valence-corrected chi connectivity index (χ2v) is 9.13. The van der Waals surface area contributed by atoms with Crippen LogP contribution in [0.3, 0.4) is 0 Å². The van der Waals surface area contributed by atoms with Crippen LogP contribution >= 0.6 is 0 Å². The average Bonchev–Trinajstić information content (AvgIpc) is 3.25. The molecule has 0 spiro atoms.